The molecule has 0 saturated carbocycles. The summed E-state index contributed by atoms with van der Waals surface area (Å²) in [7, 11) is -3.63. The number of thiophene rings is 1. The monoisotopic (exact) mass is 417 g/mol. The highest BCUT2D eigenvalue weighted by molar-refractivity contribution is 7.91. The van der Waals surface area contributed by atoms with Gasteiger partial charge in [0.05, 0.1) is 5.69 Å². The van der Waals surface area contributed by atoms with E-state index in [-0.39, 0.29) is 10.1 Å². The second-order valence-corrected chi connectivity index (χ2v) is 9.50. The number of sulfonamides is 1. The third-order valence-corrected chi connectivity index (χ3v) is 7.93. The molecule has 1 aromatic carbocycles. The summed E-state index contributed by atoms with van der Waals surface area (Å²) >= 11 is 1.17. The van der Waals surface area contributed by atoms with E-state index in [0.717, 1.165) is 11.3 Å². The Morgan fingerprint density at radius 1 is 1.25 bits per heavy atom. The standard InChI is InChI=1S/C18H19N5O3S2/c24-18(16-3-1-9-23(16)28(25,26)17-4-2-10-27-17)20-11-14-5-7-15(8-6-14)22-13-19-12-21-22/h2,4-8,10,12-13,16H,1,3,9,11H2,(H,20,24)/t16-/m0/s1. The van der Waals surface area contributed by atoms with Crippen LogP contribution in [0.3, 0.4) is 0 Å². The number of carbonyl (C=O) groups excluding carboxylic acids is 1. The first-order valence-electron chi connectivity index (χ1n) is 8.83. The van der Waals surface area contributed by atoms with Crippen molar-refractivity contribution in [1.29, 1.82) is 0 Å². The number of aromatic nitrogens is 3. The molecule has 0 radical (unpaired) electrons. The maximum atomic E-state index is 12.8. The van der Waals surface area contributed by atoms with E-state index in [1.165, 1.54) is 22.0 Å². The smallest absolute Gasteiger partial charge is 0.253 e. The Labute approximate surface area is 166 Å². The summed E-state index contributed by atoms with van der Waals surface area (Å²) in [6.07, 6.45) is 4.28. The molecule has 1 atom stereocenters. The predicted molar refractivity (Wildman–Crippen MR) is 104 cm³/mol. The minimum Gasteiger partial charge on any atom is -0.351 e. The van der Waals surface area contributed by atoms with Gasteiger partial charge in [0, 0.05) is 13.1 Å². The first-order chi connectivity index (χ1) is 13.6. The Bertz CT molecular complexity index is 1030. The van der Waals surface area contributed by atoms with Crippen molar-refractivity contribution in [2.24, 2.45) is 0 Å². The van der Waals surface area contributed by atoms with Crippen LogP contribution in [-0.2, 0) is 21.4 Å². The molecule has 1 aliphatic heterocycles. The van der Waals surface area contributed by atoms with Gasteiger partial charge in [0.15, 0.2) is 0 Å². The quantitative estimate of drug-likeness (QED) is 0.660. The number of nitrogens with zero attached hydrogens (tertiary/aromatic N) is 4. The molecule has 1 saturated heterocycles. The molecule has 8 nitrogen and oxygen atoms in total. The molecular weight excluding hydrogens is 398 g/mol. The average molecular weight is 418 g/mol. The SMILES string of the molecule is O=C(NCc1ccc(-n2cncn2)cc1)[C@@H]1CCCN1S(=O)(=O)c1cccs1. The van der Waals surface area contributed by atoms with Gasteiger partial charge in [-0.2, -0.15) is 9.40 Å². The highest BCUT2D eigenvalue weighted by Crippen LogP contribution is 2.28. The van der Waals surface area contributed by atoms with E-state index >= 15 is 0 Å². The zero-order chi connectivity index (χ0) is 19.6. The molecule has 0 aliphatic carbocycles. The molecular formula is C18H19N5O3S2. The van der Waals surface area contributed by atoms with Crippen molar-refractivity contribution < 1.29 is 13.2 Å². The fourth-order valence-corrected chi connectivity index (χ4v) is 6.01. The summed E-state index contributed by atoms with van der Waals surface area (Å²) in [6, 6.07) is 10.2. The van der Waals surface area contributed by atoms with Crippen molar-refractivity contribution >= 4 is 27.3 Å². The van der Waals surface area contributed by atoms with Crippen molar-refractivity contribution in [3.05, 3.63) is 60.0 Å². The molecule has 2 aromatic heterocycles. The van der Waals surface area contributed by atoms with Gasteiger partial charge >= 0.3 is 0 Å². The Balaban J connectivity index is 1.40. The van der Waals surface area contributed by atoms with E-state index in [4.69, 9.17) is 0 Å². The lowest BCUT2D eigenvalue weighted by Crippen LogP contribution is -2.45. The van der Waals surface area contributed by atoms with Crippen LogP contribution in [0.1, 0.15) is 18.4 Å². The van der Waals surface area contributed by atoms with Gasteiger partial charge in [0.1, 0.15) is 22.9 Å². The fraction of sp³-hybridized carbons (Fsp3) is 0.278. The molecule has 3 heterocycles. The number of hydrogen-bond acceptors (Lipinski definition) is 6. The Kier molecular flexibility index (Phi) is 5.25. The number of amides is 1. The van der Waals surface area contributed by atoms with E-state index in [1.54, 1.807) is 28.5 Å². The summed E-state index contributed by atoms with van der Waals surface area (Å²) in [6.45, 7) is 0.699. The van der Waals surface area contributed by atoms with Gasteiger partial charge in [0.2, 0.25) is 5.91 Å². The fourth-order valence-electron chi connectivity index (χ4n) is 3.23. The van der Waals surface area contributed by atoms with Gasteiger partial charge < -0.3 is 5.32 Å². The van der Waals surface area contributed by atoms with Gasteiger partial charge in [-0.3, -0.25) is 4.79 Å². The molecule has 3 aromatic rings. The topological polar surface area (TPSA) is 97.2 Å². The molecule has 1 amide bonds. The lowest BCUT2D eigenvalue weighted by molar-refractivity contribution is -0.124. The van der Waals surface area contributed by atoms with Crippen molar-refractivity contribution in [1.82, 2.24) is 24.4 Å². The van der Waals surface area contributed by atoms with Crippen molar-refractivity contribution in [2.45, 2.75) is 29.6 Å². The third-order valence-electron chi connectivity index (χ3n) is 4.65. The van der Waals surface area contributed by atoms with E-state index in [1.807, 2.05) is 24.3 Å². The first-order valence-corrected chi connectivity index (χ1v) is 11.1. The second-order valence-electron chi connectivity index (χ2n) is 6.43. The molecule has 0 spiro atoms. The first kappa shape index (κ1) is 18.8. The number of hydrogen-bond donors (Lipinski definition) is 1. The maximum Gasteiger partial charge on any atom is 0.253 e. The van der Waals surface area contributed by atoms with E-state index in [9.17, 15) is 13.2 Å². The van der Waals surface area contributed by atoms with Crippen LogP contribution in [0.15, 0.2) is 58.6 Å². The Morgan fingerprint density at radius 2 is 2.07 bits per heavy atom. The lowest BCUT2D eigenvalue weighted by Gasteiger charge is -2.22. The van der Waals surface area contributed by atoms with Gasteiger partial charge in [-0.15, -0.1) is 11.3 Å². The highest BCUT2D eigenvalue weighted by Gasteiger charge is 2.39. The molecule has 10 heteroatoms. The van der Waals surface area contributed by atoms with Crippen LogP contribution in [-0.4, -0.2) is 46.0 Å². The van der Waals surface area contributed by atoms with Crippen LogP contribution in [0.2, 0.25) is 0 Å². The Hall–Kier alpha value is -2.56. The third kappa shape index (κ3) is 3.71. The minimum absolute atomic E-state index is 0.266. The minimum atomic E-state index is -3.63. The summed E-state index contributed by atoms with van der Waals surface area (Å²) in [5, 5.41) is 8.66. The number of rotatable bonds is 6. The molecule has 0 unspecified atom stereocenters. The maximum absolute atomic E-state index is 12.8. The van der Waals surface area contributed by atoms with Gasteiger partial charge in [-0.1, -0.05) is 18.2 Å². The summed E-state index contributed by atoms with van der Waals surface area (Å²) in [5.74, 6) is -0.266. The number of nitrogens with one attached hydrogen (secondary N) is 1. The van der Waals surface area contributed by atoms with Crippen LogP contribution < -0.4 is 5.32 Å². The molecule has 1 N–H and O–H groups in total. The van der Waals surface area contributed by atoms with Gasteiger partial charge in [-0.05, 0) is 42.0 Å². The lowest BCUT2D eigenvalue weighted by atomic mass is 10.2. The van der Waals surface area contributed by atoms with Crippen LogP contribution in [0.5, 0.6) is 0 Å². The largest absolute Gasteiger partial charge is 0.351 e. The summed E-state index contributed by atoms with van der Waals surface area (Å²) in [4.78, 5) is 16.6. The van der Waals surface area contributed by atoms with Crippen LogP contribution in [0.4, 0.5) is 0 Å². The molecule has 0 bridgehead atoms. The molecule has 1 aliphatic rings. The molecule has 1 fully saturated rings. The Morgan fingerprint density at radius 3 is 2.75 bits per heavy atom. The summed E-state index contributed by atoms with van der Waals surface area (Å²) in [5.41, 5.74) is 1.79. The van der Waals surface area contributed by atoms with Gasteiger partial charge in [-0.25, -0.2) is 18.1 Å². The number of benzene rings is 1. The van der Waals surface area contributed by atoms with Crippen molar-refractivity contribution in [2.75, 3.05) is 6.54 Å². The zero-order valence-corrected chi connectivity index (χ0v) is 16.6. The van der Waals surface area contributed by atoms with Crippen LogP contribution in [0, 0.1) is 0 Å². The molecule has 4 rings (SSSR count). The van der Waals surface area contributed by atoms with Gasteiger partial charge in [0.25, 0.3) is 10.0 Å². The van der Waals surface area contributed by atoms with E-state index in [0.29, 0.717) is 25.9 Å². The average Bonchev–Trinajstić information content (AvgIpc) is 3.48. The number of carbonyl (C=O) groups is 1. The van der Waals surface area contributed by atoms with Crippen LogP contribution >= 0.6 is 11.3 Å². The predicted octanol–water partition coefficient (Wildman–Crippen LogP) is 1.80. The molecule has 28 heavy (non-hydrogen) atoms. The van der Waals surface area contributed by atoms with Crippen LogP contribution in [0.25, 0.3) is 5.69 Å². The van der Waals surface area contributed by atoms with E-state index in [2.05, 4.69) is 15.4 Å². The second kappa shape index (κ2) is 7.82. The normalized spacial score (nSPS) is 17.6. The van der Waals surface area contributed by atoms with Crippen molar-refractivity contribution in [3.63, 3.8) is 0 Å². The van der Waals surface area contributed by atoms with E-state index < -0.39 is 16.1 Å². The van der Waals surface area contributed by atoms with Crippen molar-refractivity contribution in [3.8, 4) is 5.69 Å². The highest BCUT2D eigenvalue weighted by atomic mass is 32.2. The molecule has 146 valence electrons. The zero-order valence-electron chi connectivity index (χ0n) is 14.9. The summed E-state index contributed by atoms with van der Waals surface area (Å²) < 4.78 is 28.8.